The first-order chi connectivity index (χ1) is 9.86. The zero-order valence-electron chi connectivity index (χ0n) is 12.5. The highest BCUT2D eigenvalue weighted by atomic mass is 32.1. The van der Waals surface area contributed by atoms with Gasteiger partial charge in [-0.15, -0.1) is 11.3 Å². The van der Waals surface area contributed by atoms with Gasteiger partial charge < -0.3 is 10.1 Å². The maximum atomic E-state index is 5.33. The van der Waals surface area contributed by atoms with Crippen LogP contribution in [-0.2, 0) is 17.9 Å². The Hall–Kier alpha value is -0.450. The fourth-order valence-corrected chi connectivity index (χ4v) is 4.20. The molecule has 0 aliphatic heterocycles. The van der Waals surface area contributed by atoms with Gasteiger partial charge in [-0.05, 0) is 25.7 Å². The van der Waals surface area contributed by atoms with Gasteiger partial charge in [0.05, 0.1) is 17.3 Å². The van der Waals surface area contributed by atoms with Gasteiger partial charge in [0, 0.05) is 30.5 Å². The Kier molecular flexibility index (Phi) is 5.08. The minimum absolute atomic E-state index is 0.658. The molecule has 1 N–H and O–H groups in total. The maximum absolute atomic E-state index is 5.33. The molecule has 1 aromatic rings. The standard InChI is InChI=1S/C16H26N2OS/c1-19-11-14-15(10-17-13-8-9-13)20-16(18-14)12-6-4-2-3-5-7-12/h12-13,17H,2-11H2,1H3. The Morgan fingerprint density at radius 2 is 1.90 bits per heavy atom. The number of nitrogens with zero attached hydrogens (tertiary/aromatic N) is 1. The summed E-state index contributed by atoms with van der Waals surface area (Å²) in [6.07, 6.45) is 10.9. The van der Waals surface area contributed by atoms with Crippen LogP contribution in [0.4, 0.5) is 0 Å². The molecule has 0 atom stereocenters. The highest BCUT2D eigenvalue weighted by Gasteiger charge is 2.23. The van der Waals surface area contributed by atoms with Gasteiger partial charge in [-0.3, -0.25) is 0 Å². The van der Waals surface area contributed by atoms with Gasteiger partial charge in [-0.1, -0.05) is 25.7 Å². The van der Waals surface area contributed by atoms with E-state index in [0.29, 0.717) is 12.5 Å². The molecule has 2 aliphatic carbocycles. The van der Waals surface area contributed by atoms with Gasteiger partial charge in [0.15, 0.2) is 0 Å². The molecule has 3 rings (SSSR count). The molecule has 1 heterocycles. The van der Waals surface area contributed by atoms with E-state index in [0.717, 1.165) is 12.6 Å². The molecule has 1 aromatic heterocycles. The fourth-order valence-electron chi connectivity index (χ4n) is 3.02. The number of nitrogens with one attached hydrogen (secondary N) is 1. The molecule has 20 heavy (non-hydrogen) atoms. The highest BCUT2D eigenvalue weighted by Crippen LogP contribution is 2.35. The van der Waals surface area contributed by atoms with Crippen molar-refractivity contribution in [3.8, 4) is 0 Å². The predicted octanol–water partition coefficient (Wildman–Crippen LogP) is 3.98. The molecule has 2 fully saturated rings. The van der Waals surface area contributed by atoms with Gasteiger partial charge >= 0.3 is 0 Å². The Morgan fingerprint density at radius 1 is 1.15 bits per heavy atom. The zero-order valence-corrected chi connectivity index (χ0v) is 13.3. The van der Waals surface area contributed by atoms with Crippen molar-refractivity contribution < 1.29 is 4.74 Å². The molecule has 0 unspecified atom stereocenters. The second-order valence-corrected chi connectivity index (χ2v) is 7.31. The SMILES string of the molecule is COCc1nc(C2CCCCCC2)sc1CNC1CC1. The van der Waals surface area contributed by atoms with Gasteiger partial charge in [0.1, 0.15) is 0 Å². The van der Waals surface area contributed by atoms with Crippen molar-refractivity contribution in [3.63, 3.8) is 0 Å². The third-order valence-corrected chi connectivity index (χ3v) is 5.67. The van der Waals surface area contributed by atoms with E-state index in [9.17, 15) is 0 Å². The zero-order chi connectivity index (χ0) is 13.8. The maximum Gasteiger partial charge on any atom is 0.0963 e. The third kappa shape index (κ3) is 3.80. The van der Waals surface area contributed by atoms with Gasteiger partial charge in [0.25, 0.3) is 0 Å². The second kappa shape index (κ2) is 7.01. The Labute approximate surface area is 126 Å². The number of aromatic nitrogens is 1. The lowest BCUT2D eigenvalue weighted by atomic mass is 10.0. The Bertz CT molecular complexity index is 420. The van der Waals surface area contributed by atoms with E-state index < -0.39 is 0 Å². The number of hydrogen-bond donors (Lipinski definition) is 1. The Balaban J connectivity index is 1.70. The predicted molar refractivity (Wildman–Crippen MR) is 83.1 cm³/mol. The van der Waals surface area contributed by atoms with Crippen molar-refractivity contribution in [1.82, 2.24) is 10.3 Å². The number of hydrogen-bond acceptors (Lipinski definition) is 4. The van der Waals surface area contributed by atoms with Crippen LogP contribution in [0.2, 0.25) is 0 Å². The van der Waals surface area contributed by atoms with Gasteiger partial charge in [-0.25, -0.2) is 4.98 Å². The van der Waals surface area contributed by atoms with E-state index in [2.05, 4.69) is 5.32 Å². The molecule has 0 bridgehead atoms. The number of ether oxygens (including phenoxy) is 1. The van der Waals surface area contributed by atoms with Crippen molar-refractivity contribution in [2.45, 2.75) is 76.5 Å². The van der Waals surface area contributed by atoms with Crippen LogP contribution < -0.4 is 5.32 Å². The third-order valence-electron chi connectivity index (χ3n) is 4.41. The topological polar surface area (TPSA) is 34.1 Å². The molecule has 0 spiro atoms. The van der Waals surface area contributed by atoms with Crippen LogP contribution in [0, 0.1) is 0 Å². The first-order valence-electron chi connectivity index (χ1n) is 8.07. The van der Waals surface area contributed by atoms with E-state index in [4.69, 9.17) is 9.72 Å². The number of methoxy groups -OCH3 is 1. The van der Waals surface area contributed by atoms with Crippen LogP contribution in [-0.4, -0.2) is 18.1 Å². The van der Waals surface area contributed by atoms with Crippen LogP contribution in [0.3, 0.4) is 0 Å². The molecule has 0 aromatic carbocycles. The van der Waals surface area contributed by atoms with E-state index in [1.807, 2.05) is 11.3 Å². The number of rotatable bonds is 6. The lowest BCUT2D eigenvalue weighted by Gasteiger charge is -2.09. The minimum Gasteiger partial charge on any atom is -0.378 e. The van der Waals surface area contributed by atoms with Crippen molar-refractivity contribution in [2.75, 3.05) is 7.11 Å². The van der Waals surface area contributed by atoms with Crippen LogP contribution in [0.1, 0.15) is 72.9 Å². The van der Waals surface area contributed by atoms with Crippen molar-refractivity contribution >= 4 is 11.3 Å². The summed E-state index contributed by atoms with van der Waals surface area (Å²) in [5.41, 5.74) is 1.17. The summed E-state index contributed by atoms with van der Waals surface area (Å²) in [4.78, 5) is 6.32. The van der Waals surface area contributed by atoms with E-state index in [1.54, 1.807) is 7.11 Å². The summed E-state index contributed by atoms with van der Waals surface area (Å²) in [6, 6.07) is 0.758. The summed E-state index contributed by atoms with van der Waals surface area (Å²) in [5.74, 6) is 0.702. The van der Waals surface area contributed by atoms with Crippen LogP contribution in [0.5, 0.6) is 0 Å². The molecule has 0 radical (unpaired) electrons. The monoisotopic (exact) mass is 294 g/mol. The highest BCUT2D eigenvalue weighted by molar-refractivity contribution is 7.11. The smallest absolute Gasteiger partial charge is 0.0963 e. The van der Waals surface area contributed by atoms with Crippen molar-refractivity contribution in [3.05, 3.63) is 15.6 Å². The molecule has 2 saturated carbocycles. The molecule has 2 aliphatic rings. The molecule has 4 heteroatoms. The summed E-state index contributed by atoms with van der Waals surface area (Å²) >= 11 is 1.93. The van der Waals surface area contributed by atoms with Crippen LogP contribution >= 0.6 is 11.3 Å². The summed E-state index contributed by atoms with van der Waals surface area (Å²) in [5, 5.41) is 4.98. The average Bonchev–Trinajstić information content (AvgIpc) is 3.24. The molecular weight excluding hydrogens is 268 g/mol. The first kappa shape index (κ1) is 14.5. The number of thiazole rings is 1. The van der Waals surface area contributed by atoms with E-state index >= 15 is 0 Å². The molecular formula is C16H26N2OS. The minimum atomic E-state index is 0.658. The van der Waals surface area contributed by atoms with E-state index in [1.165, 1.54) is 66.9 Å². The van der Waals surface area contributed by atoms with Crippen LogP contribution in [0.15, 0.2) is 0 Å². The van der Waals surface area contributed by atoms with E-state index in [-0.39, 0.29) is 0 Å². The normalized spacial score (nSPS) is 21.1. The summed E-state index contributed by atoms with van der Waals surface area (Å²) in [6.45, 7) is 1.64. The van der Waals surface area contributed by atoms with Crippen LogP contribution in [0.25, 0.3) is 0 Å². The molecule has 0 amide bonds. The van der Waals surface area contributed by atoms with Gasteiger partial charge in [-0.2, -0.15) is 0 Å². The van der Waals surface area contributed by atoms with Crippen molar-refractivity contribution in [1.29, 1.82) is 0 Å². The Morgan fingerprint density at radius 3 is 2.55 bits per heavy atom. The second-order valence-electron chi connectivity index (χ2n) is 6.20. The molecule has 112 valence electrons. The summed E-state index contributed by atoms with van der Waals surface area (Å²) in [7, 11) is 1.77. The average molecular weight is 294 g/mol. The summed E-state index contributed by atoms with van der Waals surface area (Å²) < 4.78 is 5.33. The van der Waals surface area contributed by atoms with Gasteiger partial charge in [0.2, 0.25) is 0 Å². The quantitative estimate of drug-likeness (QED) is 0.806. The van der Waals surface area contributed by atoms with Crippen molar-refractivity contribution in [2.24, 2.45) is 0 Å². The fraction of sp³-hybridized carbons (Fsp3) is 0.812. The lowest BCUT2D eigenvalue weighted by molar-refractivity contribution is 0.181. The largest absolute Gasteiger partial charge is 0.378 e. The molecule has 0 saturated heterocycles. The first-order valence-corrected chi connectivity index (χ1v) is 8.89. The molecule has 3 nitrogen and oxygen atoms in total. The lowest BCUT2D eigenvalue weighted by Crippen LogP contribution is -2.15.